The van der Waals surface area contributed by atoms with Crippen LogP contribution >= 0.6 is 0 Å². The SMILES string of the molecule is CCn1ncc(N2CCC(NC(=O)c3ccc(C)cc3C)CC2)cc1=O. The lowest BCUT2D eigenvalue weighted by Gasteiger charge is -2.33. The highest BCUT2D eigenvalue weighted by atomic mass is 16.1. The Bertz CT molecular complexity index is 851. The number of hydrogen-bond donors (Lipinski definition) is 1. The Balaban J connectivity index is 1.59. The summed E-state index contributed by atoms with van der Waals surface area (Å²) >= 11 is 0. The Morgan fingerprint density at radius 1 is 1.23 bits per heavy atom. The highest BCUT2D eigenvalue weighted by Crippen LogP contribution is 2.18. The van der Waals surface area contributed by atoms with E-state index in [1.54, 1.807) is 12.3 Å². The third-order valence-electron chi connectivity index (χ3n) is 4.98. The quantitative estimate of drug-likeness (QED) is 0.915. The monoisotopic (exact) mass is 354 g/mol. The number of rotatable bonds is 4. The molecule has 0 spiro atoms. The predicted octanol–water partition coefficient (Wildman–Crippen LogP) is 2.28. The van der Waals surface area contributed by atoms with Gasteiger partial charge in [-0.1, -0.05) is 17.7 Å². The first-order valence-electron chi connectivity index (χ1n) is 9.18. The third-order valence-corrected chi connectivity index (χ3v) is 4.98. The van der Waals surface area contributed by atoms with Gasteiger partial charge in [-0.05, 0) is 45.2 Å². The molecule has 0 saturated carbocycles. The summed E-state index contributed by atoms with van der Waals surface area (Å²) in [5.74, 6) is -0.00633. The number of benzene rings is 1. The van der Waals surface area contributed by atoms with E-state index >= 15 is 0 Å². The second-order valence-corrected chi connectivity index (χ2v) is 6.92. The van der Waals surface area contributed by atoms with Gasteiger partial charge in [-0.2, -0.15) is 5.10 Å². The molecule has 2 heterocycles. The zero-order valence-electron chi connectivity index (χ0n) is 15.7. The Kier molecular flexibility index (Phi) is 5.40. The fourth-order valence-corrected chi connectivity index (χ4v) is 3.45. The van der Waals surface area contributed by atoms with Gasteiger partial charge in [0.25, 0.3) is 11.5 Å². The standard InChI is InChI=1S/C20H26N4O2/c1-4-24-19(25)12-17(13-21-24)23-9-7-16(8-10-23)22-20(26)18-6-5-14(2)11-15(18)3/h5-6,11-13,16H,4,7-10H2,1-3H3,(H,22,26). The molecule has 6 nitrogen and oxygen atoms in total. The highest BCUT2D eigenvalue weighted by Gasteiger charge is 2.22. The van der Waals surface area contributed by atoms with E-state index in [1.807, 2.05) is 39.0 Å². The molecule has 0 unspecified atom stereocenters. The Morgan fingerprint density at radius 3 is 2.58 bits per heavy atom. The minimum atomic E-state index is -0.0738. The van der Waals surface area contributed by atoms with E-state index in [0.717, 1.165) is 48.3 Å². The van der Waals surface area contributed by atoms with Crippen molar-refractivity contribution in [2.24, 2.45) is 0 Å². The second kappa shape index (κ2) is 7.72. The predicted molar refractivity (Wildman–Crippen MR) is 103 cm³/mol. The molecule has 0 radical (unpaired) electrons. The van der Waals surface area contributed by atoms with Gasteiger partial charge in [-0.3, -0.25) is 9.59 Å². The van der Waals surface area contributed by atoms with Crippen LogP contribution in [0.1, 0.15) is 41.3 Å². The number of carbonyl (C=O) groups is 1. The van der Waals surface area contributed by atoms with Gasteiger partial charge in [0.1, 0.15) is 0 Å². The van der Waals surface area contributed by atoms with Crippen molar-refractivity contribution in [1.82, 2.24) is 15.1 Å². The molecule has 1 aliphatic heterocycles. The van der Waals surface area contributed by atoms with E-state index in [-0.39, 0.29) is 17.5 Å². The van der Waals surface area contributed by atoms with E-state index in [0.29, 0.717) is 6.54 Å². The van der Waals surface area contributed by atoms with Gasteiger partial charge < -0.3 is 10.2 Å². The molecular formula is C20H26N4O2. The van der Waals surface area contributed by atoms with E-state index in [2.05, 4.69) is 15.3 Å². The Labute approximate surface area is 153 Å². The maximum Gasteiger partial charge on any atom is 0.268 e. The summed E-state index contributed by atoms with van der Waals surface area (Å²) in [6.45, 7) is 8.07. The van der Waals surface area contributed by atoms with Gasteiger partial charge in [-0.15, -0.1) is 0 Å². The van der Waals surface area contributed by atoms with Crippen molar-refractivity contribution in [3.8, 4) is 0 Å². The first kappa shape index (κ1) is 18.2. The number of nitrogens with one attached hydrogen (secondary N) is 1. The van der Waals surface area contributed by atoms with Gasteiger partial charge >= 0.3 is 0 Å². The molecule has 1 amide bonds. The van der Waals surface area contributed by atoms with Gasteiger partial charge in [-0.25, -0.2) is 4.68 Å². The van der Waals surface area contributed by atoms with Crippen molar-refractivity contribution >= 4 is 11.6 Å². The Morgan fingerprint density at radius 2 is 1.96 bits per heavy atom. The fourth-order valence-electron chi connectivity index (χ4n) is 3.45. The molecular weight excluding hydrogens is 328 g/mol. The van der Waals surface area contributed by atoms with Crippen LogP contribution in [0.3, 0.4) is 0 Å². The van der Waals surface area contributed by atoms with Crippen molar-refractivity contribution in [1.29, 1.82) is 0 Å². The summed E-state index contributed by atoms with van der Waals surface area (Å²) in [5, 5.41) is 7.34. The third kappa shape index (κ3) is 3.95. The molecule has 2 aromatic rings. The average Bonchev–Trinajstić information content (AvgIpc) is 2.62. The molecule has 138 valence electrons. The number of aryl methyl sites for hydroxylation is 3. The minimum absolute atomic E-state index is 0.00633. The molecule has 0 bridgehead atoms. The van der Waals surface area contributed by atoms with Crippen LogP contribution in [0.25, 0.3) is 0 Å². The number of nitrogens with zero attached hydrogens (tertiary/aromatic N) is 3. The second-order valence-electron chi connectivity index (χ2n) is 6.92. The smallest absolute Gasteiger partial charge is 0.268 e. The number of aromatic nitrogens is 2. The number of piperidine rings is 1. The molecule has 1 fully saturated rings. The lowest BCUT2D eigenvalue weighted by atomic mass is 10.0. The van der Waals surface area contributed by atoms with Crippen LogP contribution < -0.4 is 15.8 Å². The van der Waals surface area contributed by atoms with Crippen molar-refractivity contribution in [2.75, 3.05) is 18.0 Å². The maximum atomic E-state index is 12.5. The normalized spacial score (nSPS) is 15.1. The summed E-state index contributed by atoms with van der Waals surface area (Å²) in [6, 6.07) is 7.69. The van der Waals surface area contributed by atoms with Crippen LogP contribution in [0.5, 0.6) is 0 Å². The van der Waals surface area contributed by atoms with E-state index in [1.165, 1.54) is 4.68 Å². The lowest BCUT2D eigenvalue weighted by Crippen LogP contribution is -2.45. The number of carbonyl (C=O) groups excluding carboxylic acids is 1. The van der Waals surface area contributed by atoms with Crippen molar-refractivity contribution in [2.45, 2.75) is 46.2 Å². The first-order valence-corrected chi connectivity index (χ1v) is 9.18. The molecule has 26 heavy (non-hydrogen) atoms. The van der Waals surface area contributed by atoms with Gasteiger partial charge in [0, 0.05) is 37.3 Å². The van der Waals surface area contributed by atoms with Crippen molar-refractivity contribution in [3.05, 3.63) is 57.5 Å². The first-order chi connectivity index (χ1) is 12.5. The number of amides is 1. The summed E-state index contributed by atoms with van der Waals surface area (Å²) in [6.07, 6.45) is 3.46. The molecule has 6 heteroatoms. The molecule has 1 aromatic carbocycles. The summed E-state index contributed by atoms with van der Waals surface area (Å²) < 4.78 is 1.44. The van der Waals surface area contributed by atoms with Crippen LogP contribution in [-0.4, -0.2) is 34.8 Å². The molecule has 1 saturated heterocycles. The molecule has 0 aliphatic carbocycles. The number of anilines is 1. The van der Waals surface area contributed by atoms with Gasteiger partial charge in [0.05, 0.1) is 11.9 Å². The number of hydrogen-bond acceptors (Lipinski definition) is 4. The molecule has 3 rings (SSSR count). The Hall–Kier alpha value is -2.63. The average molecular weight is 354 g/mol. The summed E-state index contributed by atoms with van der Waals surface area (Å²) in [4.78, 5) is 26.6. The molecule has 0 atom stereocenters. The van der Waals surface area contributed by atoms with Crippen LogP contribution in [0, 0.1) is 13.8 Å². The van der Waals surface area contributed by atoms with Crippen LogP contribution in [0.2, 0.25) is 0 Å². The van der Waals surface area contributed by atoms with Crippen LogP contribution in [0.15, 0.2) is 35.3 Å². The topological polar surface area (TPSA) is 67.2 Å². The van der Waals surface area contributed by atoms with E-state index in [4.69, 9.17) is 0 Å². The van der Waals surface area contributed by atoms with Gasteiger partial charge in [0.15, 0.2) is 0 Å². The molecule has 1 aliphatic rings. The molecule has 1 N–H and O–H groups in total. The minimum Gasteiger partial charge on any atom is -0.370 e. The summed E-state index contributed by atoms with van der Waals surface area (Å²) in [5.41, 5.74) is 3.69. The van der Waals surface area contributed by atoms with Crippen LogP contribution in [0.4, 0.5) is 5.69 Å². The zero-order valence-corrected chi connectivity index (χ0v) is 15.7. The van der Waals surface area contributed by atoms with E-state index in [9.17, 15) is 9.59 Å². The van der Waals surface area contributed by atoms with E-state index < -0.39 is 0 Å². The lowest BCUT2D eigenvalue weighted by molar-refractivity contribution is 0.0930. The summed E-state index contributed by atoms with van der Waals surface area (Å²) in [7, 11) is 0. The van der Waals surface area contributed by atoms with Crippen molar-refractivity contribution in [3.63, 3.8) is 0 Å². The highest BCUT2D eigenvalue weighted by molar-refractivity contribution is 5.95. The fraction of sp³-hybridized carbons (Fsp3) is 0.450. The maximum absolute atomic E-state index is 12.5. The zero-order chi connectivity index (χ0) is 18.7. The molecule has 1 aromatic heterocycles. The largest absolute Gasteiger partial charge is 0.370 e. The van der Waals surface area contributed by atoms with Crippen molar-refractivity contribution < 1.29 is 4.79 Å². The van der Waals surface area contributed by atoms with Crippen LogP contribution in [-0.2, 0) is 6.54 Å². The van der Waals surface area contributed by atoms with Gasteiger partial charge in [0.2, 0.25) is 0 Å².